The number of aryl methyl sites for hydroxylation is 2. The molecule has 0 saturated heterocycles. The van der Waals surface area contributed by atoms with Crippen LogP contribution in [0.3, 0.4) is 0 Å². The number of carbonyl (C=O) groups is 1. The number of hydrogen-bond acceptors (Lipinski definition) is 4. The second kappa shape index (κ2) is 11.2. The second-order valence-electron chi connectivity index (χ2n) is 8.79. The maximum absolute atomic E-state index is 13.8. The van der Waals surface area contributed by atoms with Crippen molar-refractivity contribution in [2.45, 2.75) is 57.7 Å². The van der Waals surface area contributed by atoms with Gasteiger partial charge in [-0.1, -0.05) is 24.6 Å². The number of hydrogen-bond donors (Lipinski definition) is 3. The summed E-state index contributed by atoms with van der Waals surface area (Å²) in [5.74, 6) is -1.78. The van der Waals surface area contributed by atoms with Gasteiger partial charge >= 0.3 is 0 Å². The number of aliphatic hydroxyl groups excluding tert-OH is 1. The lowest BCUT2D eigenvalue weighted by Gasteiger charge is -2.24. The third-order valence-corrected chi connectivity index (χ3v) is 6.12. The number of carbonyl (C=O) groups excluding carboxylic acids is 1. The molecule has 1 amide bonds. The molecule has 4 aromatic rings. The summed E-state index contributed by atoms with van der Waals surface area (Å²) in [6, 6.07) is 9.93. The SMILES string of the molecule is CCCCn1ccc2ccc(C(=O)NC(Cc3cc(F)cc(F)c3)C(O)CCc3cnn[nH]3)cc21. The number of rotatable bonds is 11. The lowest BCUT2D eigenvalue weighted by molar-refractivity contribution is 0.0814. The molecule has 3 N–H and O–H groups in total. The summed E-state index contributed by atoms with van der Waals surface area (Å²) in [6.45, 7) is 2.99. The molecule has 2 atom stereocenters. The Hall–Kier alpha value is -3.59. The topological polar surface area (TPSA) is 95.8 Å². The average Bonchev–Trinajstić information content (AvgIpc) is 3.49. The first-order chi connectivity index (χ1) is 16.9. The zero-order valence-electron chi connectivity index (χ0n) is 19.5. The molecule has 9 heteroatoms. The highest BCUT2D eigenvalue weighted by molar-refractivity contribution is 5.98. The Morgan fingerprint density at radius 3 is 2.69 bits per heavy atom. The number of halogens is 2. The number of benzene rings is 2. The van der Waals surface area contributed by atoms with Gasteiger partial charge in [-0.25, -0.2) is 8.78 Å². The van der Waals surface area contributed by atoms with Crippen LogP contribution in [0, 0.1) is 11.6 Å². The van der Waals surface area contributed by atoms with Crippen molar-refractivity contribution >= 4 is 16.8 Å². The van der Waals surface area contributed by atoms with E-state index in [4.69, 9.17) is 0 Å². The number of H-pyrrole nitrogens is 1. The molecule has 2 aromatic carbocycles. The molecular weight excluding hydrogens is 452 g/mol. The normalized spacial score (nSPS) is 13.1. The fourth-order valence-electron chi connectivity index (χ4n) is 4.21. The van der Waals surface area contributed by atoms with Crippen molar-refractivity contribution in [2.24, 2.45) is 0 Å². The zero-order chi connectivity index (χ0) is 24.8. The van der Waals surface area contributed by atoms with Crippen LogP contribution >= 0.6 is 0 Å². The van der Waals surface area contributed by atoms with Crippen LogP contribution in [-0.2, 0) is 19.4 Å². The van der Waals surface area contributed by atoms with Crippen molar-refractivity contribution in [3.63, 3.8) is 0 Å². The van der Waals surface area contributed by atoms with E-state index in [9.17, 15) is 18.7 Å². The Kier molecular flexibility index (Phi) is 7.87. The van der Waals surface area contributed by atoms with Gasteiger partial charge in [0, 0.05) is 29.9 Å². The fourth-order valence-corrected chi connectivity index (χ4v) is 4.21. The van der Waals surface area contributed by atoms with Gasteiger partial charge in [-0.05, 0) is 67.0 Å². The van der Waals surface area contributed by atoms with Crippen LogP contribution in [0.5, 0.6) is 0 Å². The van der Waals surface area contributed by atoms with E-state index >= 15 is 0 Å². The van der Waals surface area contributed by atoms with Crippen LogP contribution in [0.15, 0.2) is 54.9 Å². The zero-order valence-corrected chi connectivity index (χ0v) is 19.5. The van der Waals surface area contributed by atoms with E-state index in [1.54, 1.807) is 12.3 Å². The van der Waals surface area contributed by atoms with Crippen LogP contribution in [0.4, 0.5) is 8.78 Å². The molecule has 2 unspecified atom stereocenters. The number of nitrogens with zero attached hydrogens (tertiary/aromatic N) is 3. The van der Waals surface area contributed by atoms with Crippen LogP contribution in [0.25, 0.3) is 10.9 Å². The van der Waals surface area contributed by atoms with E-state index in [1.807, 2.05) is 24.4 Å². The third kappa shape index (κ3) is 6.30. The molecule has 2 heterocycles. The molecule has 0 saturated carbocycles. The van der Waals surface area contributed by atoms with E-state index in [0.29, 0.717) is 24.0 Å². The van der Waals surface area contributed by atoms with Gasteiger partial charge in [0.2, 0.25) is 0 Å². The first-order valence-corrected chi connectivity index (χ1v) is 11.8. The van der Waals surface area contributed by atoms with Gasteiger partial charge in [0.05, 0.1) is 24.0 Å². The van der Waals surface area contributed by atoms with Crippen molar-refractivity contribution in [3.05, 3.63) is 83.3 Å². The molecule has 0 fully saturated rings. The molecule has 0 radical (unpaired) electrons. The monoisotopic (exact) mass is 481 g/mol. The molecule has 184 valence electrons. The van der Waals surface area contributed by atoms with Gasteiger partial charge in [0.1, 0.15) is 11.6 Å². The number of aliphatic hydroxyl groups is 1. The summed E-state index contributed by atoms with van der Waals surface area (Å²) in [5.41, 5.74) is 2.50. The minimum Gasteiger partial charge on any atom is -0.391 e. The first-order valence-electron chi connectivity index (χ1n) is 11.8. The van der Waals surface area contributed by atoms with E-state index in [-0.39, 0.29) is 12.3 Å². The molecule has 0 spiro atoms. The molecule has 2 aromatic heterocycles. The van der Waals surface area contributed by atoms with E-state index in [1.165, 1.54) is 12.1 Å². The highest BCUT2D eigenvalue weighted by Gasteiger charge is 2.23. The van der Waals surface area contributed by atoms with Gasteiger partial charge in [0.25, 0.3) is 5.91 Å². The Morgan fingerprint density at radius 1 is 1.17 bits per heavy atom. The number of amides is 1. The number of nitrogens with one attached hydrogen (secondary N) is 2. The first kappa shape index (κ1) is 24.5. The summed E-state index contributed by atoms with van der Waals surface area (Å²) < 4.78 is 29.7. The predicted molar refractivity (Wildman–Crippen MR) is 129 cm³/mol. The number of fused-ring (bicyclic) bond motifs is 1. The fraction of sp³-hybridized carbons (Fsp3) is 0.346. The molecule has 4 rings (SSSR count). The van der Waals surface area contributed by atoms with Gasteiger partial charge in [-0.2, -0.15) is 0 Å². The van der Waals surface area contributed by atoms with Crippen LogP contribution in [0.2, 0.25) is 0 Å². The Labute approximate surface area is 202 Å². The third-order valence-electron chi connectivity index (χ3n) is 6.12. The summed E-state index contributed by atoms with van der Waals surface area (Å²) >= 11 is 0. The Bertz CT molecular complexity index is 1250. The molecular formula is C26H29F2N5O2. The van der Waals surface area contributed by atoms with Crippen molar-refractivity contribution in [3.8, 4) is 0 Å². The molecule has 35 heavy (non-hydrogen) atoms. The highest BCUT2D eigenvalue weighted by atomic mass is 19.1. The van der Waals surface area contributed by atoms with Gasteiger partial charge < -0.3 is 15.0 Å². The van der Waals surface area contributed by atoms with E-state index < -0.39 is 23.8 Å². The molecule has 0 aliphatic rings. The molecule has 0 aliphatic carbocycles. The minimum atomic E-state index is -0.967. The molecule has 0 bridgehead atoms. The molecule has 0 aliphatic heterocycles. The standard InChI is InChI=1S/C26H29F2N5O2/c1-2-3-9-33-10-8-18-4-5-19(14-24(18)33)26(35)30-23(13-17-11-20(27)15-21(28)12-17)25(34)7-6-22-16-29-32-31-22/h4-5,8,10-12,14-16,23,25,34H,2-3,6-7,9,13H2,1H3,(H,30,35)(H,29,31,32). The highest BCUT2D eigenvalue weighted by Crippen LogP contribution is 2.20. The predicted octanol–water partition coefficient (Wildman–Crippen LogP) is 4.17. The second-order valence-corrected chi connectivity index (χ2v) is 8.79. The lowest BCUT2D eigenvalue weighted by Crippen LogP contribution is -2.45. The van der Waals surface area contributed by atoms with Crippen molar-refractivity contribution in [1.29, 1.82) is 0 Å². The lowest BCUT2D eigenvalue weighted by atomic mass is 9.97. The minimum absolute atomic E-state index is 0.0674. The van der Waals surface area contributed by atoms with Crippen LogP contribution in [-0.4, -0.2) is 43.1 Å². The van der Waals surface area contributed by atoms with Crippen molar-refractivity contribution < 1.29 is 18.7 Å². The van der Waals surface area contributed by atoms with Crippen molar-refractivity contribution in [1.82, 2.24) is 25.3 Å². The van der Waals surface area contributed by atoms with E-state index in [0.717, 1.165) is 42.0 Å². The summed E-state index contributed by atoms with van der Waals surface area (Å²) in [4.78, 5) is 13.2. The number of aromatic nitrogens is 4. The Morgan fingerprint density at radius 2 is 1.97 bits per heavy atom. The van der Waals surface area contributed by atoms with Gasteiger partial charge in [-0.3, -0.25) is 9.89 Å². The maximum Gasteiger partial charge on any atom is 0.251 e. The Balaban J connectivity index is 1.54. The smallest absolute Gasteiger partial charge is 0.251 e. The number of aromatic amines is 1. The van der Waals surface area contributed by atoms with Crippen LogP contribution < -0.4 is 5.32 Å². The maximum atomic E-state index is 13.8. The molecule has 7 nitrogen and oxygen atoms in total. The van der Waals surface area contributed by atoms with Gasteiger partial charge in [-0.15, -0.1) is 5.10 Å². The van der Waals surface area contributed by atoms with Crippen LogP contribution in [0.1, 0.15) is 47.8 Å². The average molecular weight is 482 g/mol. The largest absolute Gasteiger partial charge is 0.391 e. The summed E-state index contributed by atoms with van der Waals surface area (Å²) in [6.07, 6.45) is 5.52. The summed E-state index contributed by atoms with van der Waals surface area (Å²) in [5, 5.41) is 25.0. The van der Waals surface area contributed by atoms with E-state index in [2.05, 4.69) is 32.2 Å². The number of unbranched alkanes of at least 4 members (excludes halogenated alkanes) is 1. The summed E-state index contributed by atoms with van der Waals surface area (Å²) in [7, 11) is 0. The quantitative estimate of drug-likeness (QED) is 0.300. The van der Waals surface area contributed by atoms with Gasteiger partial charge in [0.15, 0.2) is 0 Å². The van der Waals surface area contributed by atoms with Crippen molar-refractivity contribution in [2.75, 3.05) is 0 Å².